The second-order valence-corrected chi connectivity index (χ2v) is 6.72. The summed E-state index contributed by atoms with van der Waals surface area (Å²) >= 11 is 1.30. The molecule has 0 aliphatic heterocycles. The highest BCUT2D eigenvalue weighted by molar-refractivity contribution is 7.18. The molecule has 1 heterocycles. The quantitative estimate of drug-likeness (QED) is 0.743. The van der Waals surface area contributed by atoms with E-state index in [0.717, 1.165) is 12.8 Å². The molecule has 4 N–H and O–H groups in total. The van der Waals surface area contributed by atoms with Gasteiger partial charge in [-0.05, 0) is 33.6 Å². The zero-order valence-corrected chi connectivity index (χ0v) is 12.3. The Labute approximate surface area is 117 Å². The molecule has 1 amide bonds. The number of hydrogen-bond donors (Lipinski definition) is 3. The fourth-order valence-corrected chi connectivity index (χ4v) is 2.85. The van der Waals surface area contributed by atoms with E-state index in [1.807, 2.05) is 20.8 Å². The molecule has 1 aliphatic carbocycles. The first-order valence-corrected chi connectivity index (χ1v) is 7.17. The van der Waals surface area contributed by atoms with Crippen molar-refractivity contribution in [2.24, 2.45) is 0 Å². The third-order valence-electron chi connectivity index (χ3n) is 2.68. The topological polar surface area (TPSA) is 80.0 Å². The molecule has 0 saturated heterocycles. The van der Waals surface area contributed by atoms with Crippen LogP contribution in [-0.2, 0) is 0 Å². The Morgan fingerprint density at radius 1 is 1.42 bits per heavy atom. The van der Waals surface area contributed by atoms with Gasteiger partial charge in [0.1, 0.15) is 10.7 Å². The number of hydrogen-bond acceptors (Lipinski definition) is 5. The van der Waals surface area contributed by atoms with Crippen LogP contribution in [0.1, 0.15) is 43.3 Å². The van der Waals surface area contributed by atoms with Crippen molar-refractivity contribution < 1.29 is 4.79 Å². The summed E-state index contributed by atoms with van der Waals surface area (Å²) in [4.78, 5) is 16.8. The summed E-state index contributed by atoms with van der Waals surface area (Å²) in [6, 6.07) is 0.188. The van der Waals surface area contributed by atoms with Crippen LogP contribution < -0.4 is 16.4 Å². The SMILES string of the molecule is CC(C)(C)Nc1nc(N)c(C(=O)NC2CC=CC2)s1. The van der Waals surface area contributed by atoms with Gasteiger partial charge in [0, 0.05) is 11.6 Å². The number of amides is 1. The third kappa shape index (κ3) is 3.70. The number of nitrogens with two attached hydrogens (primary N) is 1. The minimum atomic E-state index is -0.134. The van der Waals surface area contributed by atoms with Gasteiger partial charge in [-0.25, -0.2) is 4.98 Å². The standard InChI is InChI=1S/C13H20N4OS/c1-13(2,3)17-12-16-10(14)9(19-12)11(18)15-8-6-4-5-7-8/h4-5,8H,6-7,14H2,1-3H3,(H,15,18)(H,16,17). The number of nitrogen functional groups attached to an aromatic ring is 1. The number of nitrogens with zero attached hydrogens (tertiary/aromatic N) is 1. The average Bonchev–Trinajstić information content (AvgIpc) is 2.85. The number of thiazole rings is 1. The fraction of sp³-hybridized carbons (Fsp3) is 0.538. The van der Waals surface area contributed by atoms with Crippen LogP contribution in [0.2, 0.25) is 0 Å². The highest BCUT2D eigenvalue weighted by Crippen LogP contribution is 2.27. The number of aromatic nitrogens is 1. The van der Waals surface area contributed by atoms with Crippen molar-refractivity contribution in [2.45, 2.75) is 45.2 Å². The molecule has 19 heavy (non-hydrogen) atoms. The Morgan fingerprint density at radius 2 is 2.05 bits per heavy atom. The summed E-state index contributed by atoms with van der Waals surface area (Å²) in [6.07, 6.45) is 5.93. The smallest absolute Gasteiger partial charge is 0.265 e. The monoisotopic (exact) mass is 280 g/mol. The van der Waals surface area contributed by atoms with Crippen LogP contribution in [0, 0.1) is 0 Å². The molecular formula is C13H20N4OS. The zero-order chi connectivity index (χ0) is 14.0. The van der Waals surface area contributed by atoms with E-state index >= 15 is 0 Å². The number of nitrogens with one attached hydrogen (secondary N) is 2. The fourth-order valence-electron chi connectivity index (χ4n) is 1.85. The van der Waals surface area contributed by atoms with E-state index in [4.69, 9.17) is 5.73 Å². The van der Waals surface area contributed by atoms with E-state index in [-0.39, 0.29) is 17.5 Å². The molecule has 1 aromatic heterocycles. The maximum Gasteiger partial charge on any atom is 0.265 e. The molecular weight excluding hydrogens is 260 g/mol. The second kappa shape index (κ2) is 5.21. The molecule has 0 radical (unpaired) electrons. The molecule has 104 valence electrons. The van der Waals surface area contributed by atoms with Crippen LogP contribution in [0.25, 0.3) is 0 Å². The van der Waals surface area contributed by atoms with Crippen LogP contribution in [0.5, 0.6) is 0 Å². The van der Waals surface area contributed by atoms with E-state index in [1.54, 1.807) is 0 Å². The summed E-state index contributed by atoms with van der Waals surface area (Å²) in [6.45, 7) is 6.11. The molecule has 6 heteroatoms. The van der Waals surface area contributed by atoms with Gasteiger partial charge in [0.05, 0.1) is 0 Å². The van der Waals surface area contributed by atoms with Crippen molar-refractivity contribution in [3.63, 3.8) is 0 Å². The van der Waals surface area contributed by atoms with Crippen molar-refractivity contribution in [2.75, 3.05) is 11.1 Å². The first-order valence-electron chi connectivity index (χ1n) is 6.35. The summed E-state index contributed by atoms with van der Waals surface area (Å²) in [5, 5.41) is 6.88. The van der Waals surface area contributed by atoms with Gasteiger partial charge in [-0.15, -0.1) is 0 Å². The van der Waals surface area contributed by atoms with E-state index < -0.39 is 0 Å². The molecule has 0 bridgehead atoms. The van der Waals surface area contributed by atoms with Gasteiger partial charge in [-0.3, -0.25) is 4.79 Å². The lowest BCUT2D eigenvalue weighted by Gasteiger charge is -2.19. The summed E-state index contributed by atoms with van der Waals surface area (Å²) in [5.74, 6) is 0.158. The van der Waals surface area contributed by atoms with Crippen LogP contribution in [0.15, 0.2) is 12.2 Å². The van der Waals surface area contributed by atoms with Gasteiger partial charge in [0.2, 0.25) is 0 Å². The van der Waals surface area contributed by atoms with E-state index in [9.17, 15) is 4.79 Å². The van der Waals surface area contributed by atoms with Gasteiger partial charge in [0.15, 0.2) is 5.13 Å². The van der Waals surface area contributed by atoms with E-state index in [2.05, 4.69) is 27.8 Å². The lowest BCUT2D eigenvalue weighted by atomic mass is 10.1. The van der Waals surface area contributed by atoms with Gasteiger partial charge in [0.25, 0.3) is 5.91 Å². The normalized spacial score (nSPS) is 15.7. The third-order valence-corrected chi connectivity index (χ3v) is 3.67. The van der Waals surface area contributed by atoms with Crippen LogP contribution in [0.4, 0.5) is 10.9 Å². The van der Waals surface area contributed by atoms with Crippen LogP contribution in [0.3, 0.4) is 0 Å². The van der Waals surface area contributed by atoms with E-state index in [0.29, 0.717) is 15.8 Å². The summed E-state index contributed by atoms with van der Waals surface area (Å²) in [5.41, 5.74) is 5.71. The molecule has 1 aromatic rings. The Balaban J connectivity index is 2.05. The van der Waals surface area contributed by atoms with Crippen molar-refractivity contribution >= 4 is 28.2 Å². The van der Waals surface area contributed by atoms with E-state index in [1.165, 1.54) is 11.3 Å². The molecule has 0 saturated carbocycles. The lowest BCUT2D eigenvalue weighted by molar-refractivity contribution is 0.0943. The minimum absolute atomic E-state index is 0.104. The van der Waals surface area contributed by atoms with Gasteiger partial charge in [-0.2, -0.15) is 0 Å². The highest BCUT2D eigenvalue weighted by Gasteiger charge is 2.21. The number of carbonyl (C=O) groups is 1. The van der Waals surface area contributed by atoms with Crippen molar-refractivity contribution in [3.8, 4) is 0 Å². The van der Waals surface area contributed by atoms with Crippen LogP contribution >= 0.6 is 11.3 Å². The molecule has 5 nitrogen and oxygen atoms in total. The highest BCUT2D eigenvalue weighted by atomic mass is 32.1. The zero-order valence-electron chi connectivity index (χ0n) is 11.5. The first-order chi connectivity index (χ1) is 8.85. The Kier molecular flexibility index (Phi) is 3.80. The first kappa shape index (κ1) is 13.9. The maximum absolute atomic E-state index is 12.1. The molecule has 0 spiro atoms. The Bertz CT molecular complexity index is 493. The predicted octanol–water partition coefficient (Wildman–Crippen LogP) is 2.38. The predicted molar refractivity (Wildman–Crippen MR) is 79.5 cm³/mol. The Hall–Kier alpha value is -1.56. The number of rotatable bonds is 3. The average molecular weight is 280 g/mol. The van der Waals surface area contributed by atoms with Crippen molar-refractivity contribution in [1.29, 1.82) is 0 Å². The van der Waals surface area contributed by atoms with Gasteiger partial charge < -0.3 is 16.4 Å². The minimum Gasteiger partial charge on any atom is -0.382 e. The van der Waals surface area contributed by atoms with Gasteiger partial charge in [-0.1, -0.05) is 23.5 Å². The molecule has 0 atom stereocenters. The molecule has 0 fully saturated rings. The molecule has 0 aromatic carbocycles. The van der Waals surface area contributed by atoms with Gasteiger partial charge >= 0.3 is 0 Å². The summed E-state index contributed by atoms with van der Waals surface area (Å²) in [7, 11) is 0. The lowest BCUT2D eigenvalue weighted by Crippen LogP contribution is -2.32. The second-order valence-electron chi connectivity index (χ2n) is 5.72. The molecule has 2 rings (SSSR count). The Morgan fingerprint density at radius 3 is 2.63 bits per heavy atom. The summed E-state index contributed by atoms with van der Waals surface area (Å²) < 4.78 is 0. The van der Waals surface area contributed by atoms with Crippen LogP contribution in [-0.4, -0.2) is 22.5 Å². The number of carbonyl (C=O) groups excluding carboxylic acids is 1. The largest absolute Gasteiger partial charge is 0.382 e. The number of anilines is 2. The van der Waals surface area contributed by atoms with Crippen molar-refractivity contribution in [1.82, 2.24) is 10.3 Å². The molecule has 1 aliphatic rings. The van der Waals surface area contributed by atoms with Crippen molar-refractivity contribution in [3.05, 3.63) is 17.0 Å². The molecule has 0 unspecified atom stereocenters. The maximum atomic E-state index is 12.1.